The van der Waals surface area contributed by atoms with Crippen LogP contribution in [0.3, 0.4) is 0 Å². The van der Waals surface area contributed by atoms with Crippen LogP contribution in [-0.2, 0) is 35.6 Å². The van der Waals surface area contributed by atoms with Crippen LogP contribution in [0, 0.1) is 10.5 Å². The summed E-state index contributed by atoms with van der Waals surface area (Å²) in [6.45, 7) is 2.36. The number of hydrogen-bond acceptors (Lipinski definition) is 4. The number of halogens is 1. The molecule has 6 rings (SSSR count). The number of aliphatic hydroxyl groups excluding tert-OH is 1. The number of amides is 2. The number of hydrogen-bond donors (Lipinski definition) is 2. The maximum atomic E-state index is 14.6. The first-order valence-corrected chi connectivity index (χ1v) is 16.1. The molecule has 1 aliphatic carbocycles. The number of thioether (sulfide) groups is 1. The van der Waals surface area contributed by atoms with Gasteiger partial charge in [0.05, 0.1) is 19.1 Å². The maximum Gasteiger partial charge on any atom is 0.239 e. The molecule has 2 N–H and O–H groups in total. The monoisotopic (exact) mass is 688 g/mol. The Balaban J connectivity index is 1.47. The summed E-state index contributed by atoms with van der Waals surface area (Å²) in [5.74, 6) is -0.148. The summed E-state index contributed by atoms with van der Waals surface area (Å²) in [4.78, 5) is 31.8. The van der Waals surface area contributed by atoms with E-state index in [0.29, 0.717) is 6.54 Å². The average Bonchev–Trinajstić information content (AvgIpc) is 3.56. The van der Waals surface area contributed by atoms with Crippen molar-refractivity contribution in [2.75, 3.05) is 0 Å². The van der Waals surface area contributed by atoms with Gasteiger partial charge in [-0.25, -0.2) is 0 Å². The van der Waals surface area contributed by atoms with E-state index in [2.05, 4.69) is 64.3 Å². The number of benzene rings is 4. The highest BCUT2D eigenvalue weighted by Gasteiger charge is 2.60. The zero-order valence-electron chi connectivity index (χ0n) is 23.4. The lowest BCUT2D eigenvalue weighted by Crippen LogP contribution is -2.50. The lowest BCUT2D eigenvalue weighted by Gasteiger charge is -2.39. The topological polar surface area (TPSA) is 69.6 Å². The molecule has 1 aliphatic heterocycles. The van der Waals surface area contributed by atoms with Crippen molar-refractivity contribution >= 4 is 46.2 Å². The Bertz CT molecular complexity index is 1590. The Morgan fingerprint density at radius 1 is 0.952 bits per heavy atom. The molecule has 2 aliphatic rings. The van der Waals surface area contributed by atoms with E-state index in [1.165, 1.54) is 22.9 Å². The molecule has 4 aromatic rings. The summed E-state index contributed by atoms with van der Waals surface area (Å²) < 4.78 is -0.166. The van der Waals surface area contributed by atoms with Crippen LogP contribution in [0.5, 0.6) is 0 Å². The van der Waals surface area contributed by atoms with Crippen LogP contribution in [0.4, 0.5) is 0 Å². The minimum Gasteiger partial charge on any atom is -0.392 e. The van der Waals surface area contributed by atoms with Gasteiger partial charge in [0.25, 0.3) is 0 Å². The van der Waals surface area contributed by atoms with Gasteiger partial charge in [-0.05, 0) is 88.4 Å². The van der Waals surface area contributed by atoms with Gasteiger partial charge in [-0.2, -0.15) is 0 Å². The Morgan fingerprint density at radius 2 is 1.62 bits per heavy atom. The molecule has 42 heavy (non-hydrogen) atoms. The van der Waals surface area contributed by atoms with E-state index in [4.69, 9.17) is 0 Å². The fourth-order valence-corrected chi connectivity index (χ4v) is 8.59. The number of nitrogens with zero attached hydrogens (tertiary/aromatic N) is 1. The number of nitrogens with one attached hydrogen (secondary N) is 1. The summed E-state index contributed by atoms with van der Waals surface area (Å²) in [5, 5.41) is 13.1. The van der Waals surface area contributed by atoms with Crippen molar-refractivity contribution in [1.82, 2.24) is 10.2 Å². The lowest BCUT2D eigenvalue weighted by atomic mass is 9.90. The maximum absolute atomic E-state index is 14.6. The molecule has 0 aromatic heterocycles. The van der Waals surface area contributed by atoms with E-state index in [0.717, 1.165) is 43.6 Å². The number of rotatable bonds is 8. The second-order valence-electron chi connectivity index (χ2n) is 11.2. The first kappa shape index (κ1) is 29.0. The first-order valence-electron chi connectivity index (χ1n) is 14.2. The predicted octanol–water partition coefficient (Wildman–Crippen LogP) is 6.38. The SMILES string of the molecule is Cc1ccc(S[C@]2(C(=O)NCc3ccccc3)CC(=O)N(C3Cc4ccccc4C3)[C@@H]2c2ccc(CO)cc2I)cc1. The van der Waals surface area contributed by atoms with Gasteiger partial charge in [0.2, 0.25) is 11.8 Å². The van der Waals surface area contributed by atoms with Crippen molar-refractivity contribution in [3.63, 3.8) is 0 Å². The van der Waals surface area contributed by atoms with Crippen molar-refractivity contribution in [2.24, 2.45) is 0 Å². The molecule has 2 amide bonds. The second-order valence-corrected chi connectivity index (χ2v) is 13.8. The van der Waals surface area contributed by atoms with Crippen molar-refractivity contribution in [2.45, 2.75) is 61.1 Å². The number of carbonyl (C=O) groups excluding carboxylic acids is 2. The third-order valence-electron chi connectivity index (χ3n) is 8.39. The standard InChI is InChI=1S/C35H33IN2O3S/c1-23-11-14-29(15-12-23)42-35(34(41)37-21-24-7-3-2-4-8-24)20-32(40)38(28-18-26-9-5-6-10-27(26)19-28)33(35)30-16-13-25(22-39)17-31(30)36/h2-17,28,33,39H,18-22H2,1H3,(H,37,41)/t33-,35-/m1/s1. The third-order valence-corrected chi connectivity index (χ3v) is 10.7. The minimum atomic E-state index is -1.10. The Labute approximate surface area is 264 Å². The van der Waals surface area contributed by atoms with Crippen LogP contribution in [0.2, 0.25) is 0 Å². The quantitative estimate of drug-likeness (QED) is 0.211. The summed E-state index contributed by atoms with van der Waals surface area (Å²) in [6, 6.07) is 31.8. The zero-order chi connectivity index (χ0) is 29.3. The lowest BCUT2D eigenvalue weighted by molar-refractivity contribution is -0.131. The van der Waals surface area contributed by atoms with E-state index < -0.39 is 10.8 Å². The first-order chi connectivity index (χ1) is 20.4. The number of aryl methyl sites for hydroxylation is 1. The van der Waals surface area contributed by atoms with Gasteiger partial charge < -0.3 is 15.3 Å². The summed E-state index contributed by atoms with van der Waals surface area (Å²) in [6.07, 6.45) is 1.63. The number of likely N-dealkylation sites (tertiary alicyclic amines) is 1. The molecule has 7 heteroatoms. The van der Waals surface area contributed by atoms with E-state index >= 15 is 0 Å². The molecular weight excluding hydrogens is 655 g/mol. The van der Waals surface area contributed by atoms with E-state index in [-0.39, 0.29) is 30.9 Å². The molecule has 0 bridgehead atoms. The summed E-state index contributed by atoms with van der Waals surface area (Å²) in [7, 11) is 0. The summed E-state index contributed by atoms with van der Waals surface area (Å²) >= 11 is 3.79. The minimum absolute atomic E-state index is 0.00527. The van der Waals surface area contributed by atoms with Crippen molar-refractivity contribution < 1.29 is 14.7 Å². The second kappa shape index (κ2) is 12.2. The van der Waals surface area contributed by atoms with E-state index in [1.54, 1.807) is 0 Å². The van der Waals surface area contributed by atoms with Gasteiger partial charge in [-0.3, -0.25) is 9.59 Å². The Morgan fingerprint density at radius 3 is 2.26 bits per heavy atom. The van der Waals surface area contributed by atoms with Gasteiger partial charge >= 0.3 is 0 Å². The Kier molecular flexibility index (Phi) is 8.43. The van der Waals surface area contributed by atoms with Crippen LogP contribution in [0.25, 0.3) is 0 Å². The van der Waals surface area contributed by atoms with Crippen LogP contribution in [0.1, 0.15) is 45.8 Å². The molecule has 4 aromatic carbocycles. The molecule has 1 fully saturated rings. The van der Waals surface area contributed by atoms with Gasteiger partial charge in [-0.15, -0.1) is 11.8 Å². The smallest absolute Gasteiger partial charge is 0.239 e. The van der Waals surface area contributed by atoms with Crippen molar-refractivity contribution in [3.05, 3.63) is 134 Å². The molecule has 1 heterocycles. The average molecular weight is 689 g/mol. The van der Waals surface area contributed by atoms with Crippen LogP contribution in [-0.4, -0.2) is 32.6 Å². The fourth-order valence-electron chi connectivity index (χ4n) is 6.31. The number of fused-ring (bicyclic) bond motifs is 1. The van der Waals surface area contributed by atoms with Crippen LogP contribution < -0.4 is 5.32 Å². The molecule has 0 unspecified atom stereocenters. The zero-order valence-corrected chi connectivity index (χ0v) is 26.4. The summed E-state index contributed by atoms with van der Waals surface area (Å²) in [5.41, 5.74) is 6.41. The van der Waals surface area contributed by atoms with Crippen LogP contribution >= 0.6 is 34.4 Å². The van der Waals surface area contributed by atoms with Gasteiger partial charge in [-0.1, -0.05) is 84.4 Å². The van der Waals surface area contributed by atoms with Crippen molar-refractivity contribution in [3.8, 4) is 0 Å². The molecular formula is C35H33IN2O3S. The predicted molar refractivity (Wildman–Crippen MR) is 175 cm³/mol. The van der Waals surface area contributed by atoms with Gasteiger partial charge in [0, 0.05) is 21.1 Å². The fraction of sp³-hybridized carbons (Fsp3) is 0.257. The van der Waals surface area contributed by atoms with Gasteiger partial charge in [0.15, 0.2) is 0 Å². The third kappa shape index (κ3) is 5.62. The number of carbonyl (C=O) groups is 2. The molecule has 2 atom stereocenters. The normalized spacial score (nSPS) is 20.1. The van der Waals surface area contributed by atoms with E-state index in [9.17, 15) is 14.7 Å². The highest BCUT2D eigenvalue weighted by atomic mass is 127. The highest BCUT2D eigenvalue weighted by Crippen LogP contribution is 2.55. The highest BCUT2D eigenvalue weighted by molar-refractivity contribution is 14.1. The Hall–Kier alpha value is -3.14. The molecule has 0 radical (unpaired) electrons. The molecule has 214 valence electrons. The van der Waals surface area contributed by atoms with Crippen molar-refractivity contribution in [1.29, 1.82) is 0 Å². The molecule has 5 nitrogen and oxygen atoms in total. The largest absolute Gasteiger partial charge is 0.392 e. The molecule has 1 saturated heterocycles. The van der Waals surface area contributed by atoms with E-state index in [1.807, 2.05) is 72.5 Å². The number of aliphatic hydroxyl groups is 1. The molecule has 0 spiro atoms. The van der Waals surface area contributed by atoms with Crippen LogP contribution in [0.15, 0.2) is 102 Å². The molecule has 0 saturated carbocycles. The van der Waals surface area contributed by atoms with Gasteiger partial charge in [0.1, 0.15) is 4.75 Å².